The van der Waals surface area contributed by atoms with E-state index in [-0.39, 0.29) is 11.4 Å². The van der Waals surface area contributed by atoms with Crippen molar-refractivity contribution >= 4 is 0 Å². The third-order valence-electron chi connectivity index (χ3n) is 3.89. The molecule has 1 aromatic carbocycles. The summed E-state index contributed by atoms with van der Waals surface area (Å²) >= 11 is 0. The van der Waals surface area contributed by atoms with E-state index >= 15 is 0 Å². The fraction of sp³-hybridized carbons (Fsp3) is 0.375. The predicted molar refractivity (Wildman–Crippen MR) is 76.2 cm³/mol. The monoisotopic (exact) mass is 272 g/mol. The number of nitrogens with one attached hydrogen (secondary N) is 1. The van der Waals surface area contributed by atoms with Crippen LogP contribution in [0.4, 0.5) is 4.39 Å². The molecule has 4 heteroatoms. The van der Waals surface area contributed by atoms with Crippen LogP contribution in [-0.2, 0) is 12.8 Å². The zero-order valence-electron chi connectivity index (χ0n) is 11.5. The molecule has 104 valence electrons. The average Bonchev–Trinajstić information content (AvgIpc) is 2.67. The normalized spacial score (nSPS) is 14.7. The summed E-state index contributed by atoms with van der Waals surface area (Å²) in [6.45, 7) is 1.71. The molecule has 0 atom stereocenters. The molecule has 1 aromatic heterocycles. The van der Waals surface area contributed by atoms with Crippen LogP contribution in [0.1, 0.15) is 36.1 Å². The van der Waals surface area contributed by atoms with Gasteiger partial charge >= 0.3 is 0 Å². The van der Waals surface area contributed by atoms with Crippen molar-refractivity contribution in [2.45, 2.75) is 39.0 Å². The summed E-state index contributed by atoms with van der Waals surface area (Å²) in [5, 5.41) is 0. The Hall–Kier alpha value is -1.97. The molecule has 0 radical (unpaired) electrons. The molecule has 1 N–H and O–H groups in total. The van der Waals surface area contributed by atoms with Crippen molar-refractivity contribution in [1.82, 2.24) is 9.97 Å². The minimum atomic E-state index is -0.278. The molecule has 1 heterocycles. The number of fused-ring (bicyclic) bond motifs is 1. The van der Waals surface area contributed by atoms with Crippen molar-refractivity contribution in [2.24, 2.45) is 0 Å². The summed E-state index contributed by atoms with van der Waals surface area (Å²) in [6.07, 6.45) is 4.85. The Labute approximate surface area is 116 Å². The molecule has 0 bridgehead atoms. The summed E-state index contributed by atoms with van der Waals surface area (Å²) in [7, 11) is 0. The van der Waals surface area contributed by atoms with Crippen LogP contribution in [-0.4, -0.2) is 9.97 Å². The number of benzene rings is 1. The number of rotatable bonds is 1. The van der Waals surface area contributed by atoms with Crippen LogP contribution in [0.25, 0.3) is 11.4 Å². The zero-order chi connectivity index (χ0) is 14.1. The molecule has 3 rings (SSSR count). The fourth-order valence-electron chi connectivity index (χ4n) is 2.66. The van der Waals surface area contributed by atoms with Gasteiger partial charge in [0.2, 0.25) is 0 Å². The summed E-state index contributed by atoms with van der Waals surface area (Å²) in [4.78, 5) is 19.5. The second-order valence-electron chi connectivity index (χ2n) is 5.36. The van der Waals surface area contributed by atoms with E-state index in [9.17, 15) is 9.18 Å². The molecule has 3 nitrogen and oxygen atoms in total. The minimum absolute atomic E-state index is 0.0760. The Balaban J connectivity index is 2.10. The maximum absolute atomic E-state index is 13.6. The molecule has 1 aliphatic rings. The van der Waals surface area contributed by atoms with Gasteiger partial charge in [0, 0.05) is 11.1 Å². The largest absolute Gasteiger partial charge is 0.306 e. The molecular formula is C16H17FN2O. The van der Waals surface area contributed by atoms with Crippen LogP contribution in [0.15, 0.2) is 23.0 Å². The lowest BCUT2D eigenvalue weighted by molar-refractivity contribution is 0.619. The predicted octanol–water partition coefficient (Wildman–Crippen LogP) is 3.15. The Morgan fingerprint density at radius 1 is 1.20 bits per heavy atom. The standard InChI is InChI=1S/C16H17FN2O/c1-10-7-8-11(9-13(10)17)15-18-14-6-4-2-3-5-12(14)16(20)19-15/h7-9H,2-6H2,1H3,(H,18,19,20). The van der Waals surface area contributed by atoms with Gasteiger partial charge in [-0.25, -0.2) is 9.37 Å². The number of hydrogen-bond acceptors (Lipinski definition) is 2. The van der Waals surface area contributed by atoms with Gasteiger partial charge in [0.25, 0.3) is 5.56 Å². The summed E-state index contributed by atoms with van der Waals surface area (Å²) in [5.74, 6) is 0.189. The topological polar surface area (TPSA) is 45.8 Å². The molecule has 0 spiro atoms. The number of nitrogens with zero attached hydrogens (tertiary/aromatic N) is 1. The van der Waals surface area contributed by atoms with E-state index in [4.69, 9.17) is 0 Å². The highest BCUT2D eigenvalue weighted by Gasteiger charge is 2.15. The first-order valence-corrected chi connectivity index (χ1v) is 7.04. The Morgan fingerprint density at radius 2 is 2.00 bits per heavy atom. The van der Waals surface area contributed by atoms with Crippen molar-refractivity contribution in [3.63, 3.8) is 0 Å². The summed E-state index contributed by atoms with van der Waals surface area (Å²) in [6, 6.07) is 4.92. The smallest absolute Gasteiger partial charge is 0.254 e. The van der Waals surface area contributed by atoms with Gasteiger partial charge in [-0.3, -0.25) is 4.79 Å². The molecule has 2 aromatic rings. The van der Waals surface area contributed by atoms with Crippen LogP contribution >= 0.6 is 0 Å². The molecule has 1 aliphatic carbocycles. The minimum Gasteiger partial charge on any atom is -0.306 e. The molecule has 0 aliphatic heterocycles. The van der Waals surface area contributed by atoms with Crippen molar-refractivity contribution < 1.29 is 4.39 Å². The lowest BCUT2D eigenvalue weighted by Gasteiger charge is -2.08. The van der Waals surface area contributed by atoms with Crippen LogP contribution < -0.4 is 5.56 Å². The first kappa shape index (κ1) is 13.0. The van der Waals surface area contributed by atoms with Gasteiger partial charge in [-0.2, -0.15) is 0 Å². The van der Waals surface area contributed by atoms with Gasteiger partial charge in [-0.15, -0.1) is 0 Å². The number of hydrogen-bond donors (Lipinski definition) is 1. The lowest BCUT2D eigenvalue weighted by Crippen LogP contribution is -2.18. The van der Waals surface area contributed by atoms with Crippen molar-refractivity contribution in [1.29, 1.82) is 0 Å². The van der Waals surface area contributed by atoms with Gasteiger partial charge in [0.1, 0.15) is 11.6 Å². The third kappa shape index (κ3) is 2.38. The van der Waals surface area contributed by atoms with Crippen LogP contribution in [0, 0.1) is 12.7 Å². The third-order valence-corrected chi connectivity index (χ3v) is 3.89. The quantitative estimate of drug-likeness (QED) is 0.810. The second kappa shape index (κ2) is 5.19. The fourth-order valence-corrected chi connectivity index (χ4v) is 2.66. The number of aryl methyl sites for hydroxylation is 2. The number of halogens is 1. The first-order chi connectivity index (χ1) is 9.65. The van der Waals surface area contributed by atoms with Gasteiger partial charge < -0.3 is 4.98 Å². The highest BCUT2D eigenvalue weighted by molar-refractivity contribution is 5.56. The van der Waals surface area contributed by atoms with E-state index < -0.39 is 0 Å². The molecule has 0 fully saturated rings. The highest BCUT2D eigenvalue weighted by atomic mass is 19.1. The molecule has 0 saturated heterocycles. The summed E-state index contributed by atoms with van der Waals surface area (Å²) in [5.41, 5.74) is 2.82. The Bertz CT molecular complexity index is 706. The van der Waals surface area contributed by atoms with Gasteiger partial charge in [0.05, 0.1) is 5.69 Å². The molecule has 0 saturated carbocycles. The first-order valence-electron chi connectivity index (χ1n) is 7.04. The lowest BCUT2D eigenvalue weighted by atomic mass is 10.1. The van der Waals surface area contributed by atoms with Crippen molar-refractivity contribution in [3.8, 4) is 11.4 Å². The highest BCUT2D eigenvalue weighted by Crippen LogP contribution is 2.21. The maximum atomic E-state index is 13.6. The number of H-pyrrole nitrogens is 1. The van der Waals surface area contributed by atoms with Crippen LogP contribution in [0.3, 0.4) is 0 Å². The molecule has 20 heavy (non-hydrogen) atoms. The van der Waals surface area contributed by atoms with E-state index in [2.05, 4.69) is 9.97 Å². The average molecular weight is 272 g/mol. The SMILES string of the molecule is Cc1ccc(-c2nc3c(c(=O)[nH]2)CCCCC3)cc1F. The van der Waals surface area contributed by atoms with Gasteiger partial charge in [0.15, 0.2) is 0 Å². The van der Waals surface area contributed by atoms with E-state index in [0.29, 0.717) is 17.0 Å². The zero-order valence-corrected chi connectivity index (χ0v) is 11.5. The number of aromatic amines is 1. The number of aromatic nitrogens is 2. The van der Waals surface area contributed by atoms with Crippen LogP contribution in [0.2, 0.25) is 0 Å². The van der Waals surface area contributed by atoms with E-state index in [0.717, 1.165) is 43.4 Å². The van der Waals surface area contributed by atoms with Gasteiger partial charge in [-0.1, -0.05) is 18.6 Å². The second-order valence-corrected chi connectivity index (χ2v) is 5.36. The Kier molecular flexibility index (Phi) is 3.38. The van der Waals surface area contributed by atoms with E-state index in [1.807, 2.05) is 0 Å². The van der Waals surface area contributed by atoms with Crippen LogP contribution in [0.5, 0.6) is 0 Å². The van der Waals surface area contributed by atoms with Crippen molar-refractivity contribution in [2.75, 3.05) is 0 Å². The molecular weight excluding hydrogens is 255 g/mol. The van der Waals surface area contributed by atoms with E-state index in [1.165, 1.54) is 6.07 Å². The summed E-state index contributed by atoms with van der Waals surface area (Å²) < 4.78 is 13.6. The molecule has 0 amide bonds. The van der Waals surface area contributed by atoms with Gasteiger partial charge in [-0.05, 0) is 44.2 Å². The molecule has 0 unspecified atom stereocenters. The maximum Gasteiger partial charge on any atom is 0.254 e. The van der Waals surface area contributed by atoms with Crippen molar-refractivity contribution in [3.05, 3.63) is 51.2 Å². The Morgan fingerprint density at radius 3 is 2.80 bits per heavy atom. The van der Waals surface area contributed by atoms with E-state index in [1.54, 1.807) is 19.1 Å².